The zero-order valence-electron chi connectivity index (χ0n) is 11.8. The maximum Gasteiger partial charge on any atom is 0.222 e. The van der Waals surface area contributed by atoms with Crippen molar-refractivity contribution in [3.8, 4) is 0 Å². The molecule has 0 aromatic carbocycles. The Morgan fingerprint density at radius 1 is 1.35 bits per heavy atom. The number of piperidine rings is 1. The van der Waals surface area contributed by atoms with E-state index >= 15 is 0 Å². The first-order valence-electron chi connectivity index (χ1n) is 6.81. The van der Waals surface area contributed by atoms with Crippen LogP contribution in [0.25, 0.3) is 0 Å². The molecule has 1 unspecified atom stereocenters. The van der Waals surface area contributed by atoms with Crippen molar-refractivity contribution in [3.63, 3.8) is 0 Å². The highest BCUT2D eigenvalue weighted by Gasteiger charge is 2.23. The highest BCUT2D eigenvalue weighted by atomic mass is 16.2. The molecule has 1 atom stereocenters. The predicted octanol–water partition coefficient (Wildman–Crippen LogP) is 2.40. The third kappa shape index (κ3) is 5.53. The molecule has 0 aromatic rings. The van der Waals surface area contributed by atoms with E-state index in [0.717, 1.165) is 32.4 Å². The van der Waals surface area contributed by atoms with Gasteiger partial charge in [0.25, 0.3) is 0 Å². The van der Waals surface area contributed by atoms with E-state index in [1.54, 1.807) is 0 Å². The number of likely N-dealkylation sites (tertiary alicyclic amines) is 1. The number of carbonyl (C=O) groups is 1. The number of nitrogens with two attached hydrogens (primary N) is 1. The van der Waals surface area contributed by atoms with E-state index in [-0.39, 0.29) is 0 Å². The maximum atomic E-state index is 12.1. The molecular formula is C14H28N2O. The van der Waals surface area contributed by atoms with Crippen molar-refractivity contribution in [2.24, 2.45) is 17.1 Å². The molecule has 0 bridgehead atoms. The SMILES string of the molecule is CC(CC(=O)N1CCC(N)CC1)CC(C)(C)C. The Morgan fingerprint density at radius 2 is 1.88 bits per heavy atom. The standard InChI is InChI=1S/C14H28N2O/c1-11(10-14(2,3)4)9-13(17)16-7-5-12(15)6-8-16/h11-12H,5-10,15H2,1-4H3. The highest BCUT2D eigenvalue weighted by Crippen LogP contribution is 2.26. The average molecular weight is 240 g/mol. The van der Waals surface area contributed by atoms with E-state index in [0.29, 0.717) is 29.7 Å². The highest BCUT2D eigenvalue weighted by molar-refractivity contribution is 5.76. The first kappa shape index (κ1) is 14.5. The molecule has 0 saturated carbocycles. The van der Waals surface area contributed by atoms with Crippen molar-refractivity contribution in [1.82, 2.24) is 4.90 Å². The largest absolute Gasteiger partial charge is 0.343 e. The monoisotopic (exact) mass is 240 g/mol. The Balaban J connectivity index is 2.33. The lowest BCUT2D eigenvalue weighted by atomic mass is 9.84. The second-order valence-electron chi connectivity index (χ2n) is 6.79. The summed E-state index contributed by atoms with van der Waals surface area (Å²) < 4.78 is 0. The van der Waals surface area contributed by atoms with Crippen molar-refractivity contribution in [2.45, 2.75) is 59.4 Å². The molecule has 1 fully saturated rings. The van der Waals surface area contributed by atoms with Gasteiger partial charge in [0.05, 0.1) is 0 Å². The lowest BCUT2D eigenvalue weighted by Crippen LogP contribution is -2.43. The minimum atomic E-state index is 0.297. The Hall–Kier alpha value is -0.570. The smallest absolute Gasteiger partial charge is 0.222 e. The molecule has 1 aliphatic rings. The molecule has 1 heterocycles. The second-order valence-corrected chi connectivity index (χ2v) is 6.79. The summed E-state index contributed by atoms with van der Waals surface area (Å²) in [6.07, 6.45) is 3.71. The van der Waals surface area contributed by atoms with Crippen LogP contribution >= 0.6 is 0 Å². The molecule has 0 spiro atoms. The van der Waals surface area contributed by atoms with Gasteiger partial charge < -0.3 is 10.6 Å². The Morgan fingerprint density at radius 3 is 2.35 bits per heavy atom. The fourth-order valence-corrected chi connectivity index (χ4v) is 2.69. The van der Waals surface area contributed by atoms with Gasteiger partial charge in [0, 0.05) is 25.6 Å². The molecule has 0 radical (unpaired) electrons. The van der Waals surface area contributed by atoms with Crippen molar-refractivity contribution in [2.75, 3.05) is 13.1 Å². The van der Waals surface area contributed by atoms with Gasteiger partial charge in [-0.05, 0) is 30.6 Å². The molecule has 1 amide bonds. The topological polar surface area (TPSA) is 46.3 Å². The molecular weight excluding hydrogens is 212 g/mol. The number of rotatable bonds is 3. The van der Waals surface area contributed by atoms with Crippen LogP contribution in [0.15, 0.2) is 0 Å². The number of nitrogens with zero attached hydrogens (tertiary/aromatic N) is 1. The number of amides is 1. The molecule has 1 rings (SSSR count). The van der Waals surface area contributed by atoms with Crippen LogP contribution in [0.4, 0.5) is 0 Å². The number of hydrogen-bond donors (Lipinski definition) is 1. The maximum absolute atomic E-state index is 12.1. The Kier molecular flexibility index (Phi) is 4.99. The van der Waals surface area contributed by atoms with Crippen molar-refractivity contribution in [3.05, 3.63) is 0 Å². The van der Waals surface area contributed by atoms with Gasteiger partial charge in [-0.2, -0.15) is 0 Å². The van der Waals surface area contributed by atoms with Gasteiger partial charge >= 0.3 is 0 Å². The van der Waals surface area contributed by atoms with E-state index in [1.807, 2.05) is 4.90 Å². The quantitative estimate of drug-likeness (QED) is 0.823. The third-order valence-electron chi connectivity index (χ3n) is 3.38. The van der Waals surface area contributed by atoms with Gasteiger partial charge in [-0.15, -0.1) is 0 Å². The van der Waals surface area contributed by atoms with E-state index in [9.17, 15) is 4.79 Å². The van der Waals surface area contributed by atoms with Crippen LogP contribution in [0.2, 0.25) is 0 Å². The van der Waals surface area contributed by atoms with E-state index in [1.165, 1.54) is 0 Å². The first-order chi connectivity index (χ1) is 7.78. The van der Waals surface area contributed by atoms with Crippen molar-refractivity contribution in [1.29, 1.82) is 0 Å². The van der Waals surface area contributed by atoms with E-state index in [2.05, 4.69) is 27.7 Å². The minimum absolute atomic E-state index is 0.297. The second kappa shape index (κ2) is 5.85. The molecule has 17 heavy (non-hydrogen) atoms. The van der Waals surface area contributed by atoms with Gasteiger partial charge in [0.15, 0.2) is 0 Å². The van der Waals surface area contributed by atoms with Gasteiger partial charge in [-0.25, -0.2) is 0 Å². The molecule has 2 N–H and O–H groups in total. The van der Waals surface area contributed by atoms with E-state index < -0.39 is 0 Å². The van der Waals surface area contributed by atoms with E-state index in [4.69, 9.17) is 5.73 Å². The zero-order valence-corrected chi connectivity index (χ0v) is 11.8. The van der Waals surface area contributed by atoms with Gasteiger partial charge in [-0.1, -0.05) is 27.7 Å². The minimum Gasteiger partial charge on any atom is -0.343 e. The fourth-order valence-electron chi connectivity index (χ4n) is 2.69. The Labute approximate surface area is 106 Å². The van der Waals surface area contributed by atoms with Crippen molar-refractivity contribution < 1.29 is 4.79 Å². The lowest BCUT2D eigenvalue weighted by Gasteiger charge is -2.31. The first-order valence-corrected chi connectivity index (χ1v) is 6.81. The third-order valence-corrected chi connectivity index (χ3v) is 3.38. The molecule has 0 aliphatic carbocycles. The summed E-state index contributed by atoms with van der Waals surface area (Å²) in [5.74, 6) is 0.784. The van der Waals surface area contributed by atoms with Crippen LogP contribution in [0.3, 0.4) is 0 Å². The molecule has 3 heteroatoms. The predicted molar refractivity (Wildman–Crippen MR) is 71.6 cm³/mol. The van der Waals surface area contributed by atoms with Crippen molar-refractivity contribution >= 4 is 5.91 Å². The molecule has 3 nitrogen and oxygen atoms in total. The summed E-state index contributed by atoms with van der Waals surface area (Å²) in [6, 6.07) is 0.297. The van der Waals surface area contributed by atoms with Crippen LogP contribution in [-0.4, -0.2) is 29.9 Å². The number of hydrogen-bond acceptors (Lipinski definition) is 2. The van der Waals surface area contributed by atoms with Crippen LogP contribution in [0, 0.1) is 11.3 Å². The summed E-state index contributed by atoms with van der Waals surface area (Å²) >= 11 is 0. The summed E-state index contributed by atoms with van der Waals surface area (Å²) in [7, 11) is 0. The summed E-state index contributed by atoms with van der Waals surface area (Å²) in [5.41, 5.74) is 6.15. The lowest BCUT2D eigenvalue weighted by molar-refractivity contribution is -0.133. The van der Waals surface area contributed by atoms with Gasteiger partial charge in [0.1, 0.15) is 0 Å². The average Bonchev–Trinajstić information content (AvgIpc) is 2.15. The summed E-state index contributed by atoms with van der Waals surface area (Å²) in [6.45, 7) is 10.6. The van der Waals surface area contributed by atoms with Crippen LogP contribution in [-0.2, 0) is 4.79 Å². The Bertz CT molecular complexity index is 249. The summed E-state index contributed by atoms with van der Waals surface area (Å²) in [5, 5.41) is 0. The molecule has 100 valence electrons. The molecule has 0 aromatic heterocycles. The van der Waals surface area contributed by atoms with Crippen LogP contribution in [0.5, 0.6) is 0 Å². The van der Waals surface area contributed by atoms with Gasteiger partial charge in [-0.3, -0.25) is 4.79 Å². The van der Waals surface area contributed by atoms with Crippen LogP contribution in [0.1, 0.15) is 53.4 Å². The molecule has 1 saturated heterocycles. The van der Waals surface area contributed by atoms with Crippen LogP contribution < -0.4 is 5.73 Å². The van der Waals surface area contributed by atoms with Gasteiger partial charge in [0.2, 0.25) is 5.91 Å². The number of carbonyl (C=O) groups excluding carboxylic acids is 1. The summed E-state index contributed by atoms with van der Waals surface area (Å²) in [4.78, 5) is 14.1. The normalized spacial score (nSPS) is 20.4. The fraction of sp³-hybridized carbons (Fsp3) is 0.929. The molecule has 1 aliphatic heterocycles. The zero-order chi connectivity index (χ0) is 13.1.